The summed E-state index contributed by atoms with van der Waals surface area (Å²) < 4.78 is 31.8. The van der Waals surface area contributed by atoms with Crippen LogP contribution in [0.4, 0.5) is 14.6 Å². The average molecular weight is 369 g/mol. The van der Waals surface area contributed by atoms with Crippen molar-refractivity contribution in [3.8, 4) is 22.7 Å². The van der Waals surface area contributed by atoms with Crippen LogP contribution in [-0.2, 0) is 6.54 Å². The fourth-order valence-electron chi connectivity index (χ4n) is 2.42. The zero-order chi connectivity index (χ0) is 18.8. The summed E-state index contributed by atoms with van der Waals surface area (Å²) >= 11 is 0. The van der Waals surface area contributed by atoms with Crippen LogP contribution in [0.2, 0.25) is 0 Å². The summed E-state index contributed by atoms with van der Waals surface area (Å²) in [5.74, 6) is -0.258. The van der Waals surface area contributed by atoms with Gasteiger partial charge in [0.15, 0.2) is 0 Å². The number of halogens is 2. The van der Waals surface area contributed by atoms with Crippen LogP contribution in [-0.4, -0.2) is 29.7 Å². The van der Waals surface area contributed by atoms with Gasteiger partial charge in [0.1, 0.15) is 5.82 Å². The highest BCUT2D eigenvalue weighted by Crippen LogP contribution is 2.23. The Labute approximate surface area is 151 Å². The highest BCUT2D eigenvalue weighted by molar-refractivity contribution is 5.58. The molecule has 0 spiro atoms. The van der Waals surface area contributed by atoms with Crippen molar-refractivity contribution in [2.45, 2.75) is 13.0 Å². The first-order chi connectivity index (χ1) is 13.1. The minimum Gasteiger partial charge on any atom is -0.415 e. The van der Waals surface area contributed by atoms with Crippen molar-refractivity contribution >= 4 is 5.82 Å². The second kappa shape index (κ2) is 6.90. The summed E-state index contributed by atoms with van der Waals surface area (Å²) in [6, 6.07) is 7.00. The normalized spacial score (nSPS) is 11.2. The molecule has 0 aromatic carbocycles. The Balaban J connectivity index is 1.48. The van der Waals surface area contributed by atoms with Gasteiger partial charge in [0.2, 0.25) is 5.89 Å². The molecule has 0 radical (unpaired) electrons. The number of hydrogen-bond donors (Lipinski definition) is 1. The van der Waals surface area contributed by atoms with Crippen molar-refractivity contribution in [1.29, 1.82) is 0 Å². The third-order valence-corrected chi connectivity index (χ3v) is 3.76. The van der Waals surface area contributed by atoms with Crippen LogP contribution in [0, 0.1) is 0 Å². The fraction of sp³-hybridized carbons (Fsp3) is 0.118. The van der Waals surface area contributed by atoms with Gasteiger partial charge in [-0.2, -0.15) is 8.78 Å². The van der Waals surface area contributed by atoms with E-state index in [-0.39, 0.29) is 5.89 Å². The van der Waals surface area contributed by atoms with Gasteiger partial charge in [-0.25, -0.2) is 9.97 Å². The van der Waals surface area contributed by atoms with E-state index in [1.54, 1.807) is 30.7 Å². The summed E-state index contributed by atoms with van der Waals surface area (Å²) in [5.41, 5.74) is 8.44. The number of imidazole rings is 1. The van der Waals surface area contributed by atoms with E-state index in [2.05, 4.69) is 25.1 Å². The van der Waals surface area contributed by atoms with Gasteiger partial charge in [-0.1, -0.05) is 0 Å². The number of aromatic nitrogens is 6. The molecule has 2 N–H and O–H groups in total. The zero-order valence-corrected chi connectivity index (χ0v) is 13.8. The lowest BCUT2D eigenvalue weighted by atomic mass is 10.2. The molecular weight excluding hydrogens is 356 g/mol. The molecule has 4 heterocycles. The van der Waals surface area contributed by atoms with Crippen molar-refractivity contribution in [3.05, 3.63) is 60.8 Å². The van der Waals surface area contributed by atoms with E-state index in [1.807, 2.05) is 16.8 Å². The van der Waals surface area contributed by atoms with Gasteiger partial charge in [0.25, 0.3) is 5.89 Å². The lowest BCUT2D eigenvalue weighted by molar-refractivity contribution is 0.116. The largest absolute Gasteiger partial charge is 0.415 e. The molecule has 0 atom stereocenters. The lowest BCUT2D eigenvalue weighted by Gasteiger charge is -2.02. The molecule has 4 aromatic rings. The molecule has 27 heavy (non-hydrogen) atoms. The molecule has 0 fully saturated rings. The number of hydrogen-bond acceptors (Lipinski definition) is 7. The first-order valence-electron chi connectivity index (χ1n) is 7.89. The maximum absolute atomic E-state index is 12.5. The Bertz CT molecular complexity index is 1040. The van der Waals surface area contributed by atoms with Crippen molar-refractivity contribution < 1.29 is 13.2 Å². The van der Waals surface area contributed by atoms with Crippen molar-refractivity contribution in [1.82, 2.24) is 29.7 Å². The number of pyridine rings is 2. The maximum Gasteiger partial charge on any atom is 0.314 e. The topological polar surface area (TPSA) is 109 Å². The van der Waals surface area contributed by atoms with Crippen LogP contribution in [0.15, 0.2) is 53.6 Å². The van der Waals surface area contributed by atoms with Gasteiger partial charge in [-0.15, -0.1) is 10.2 Å². The minimum absolute atomic E-state index is 0.00474. The predicted octanol–water partition coefficient (Wildman–Crippen LogP) is 2.96. The van der Waals surface area contributed by atoms with Crippen LogP contribution < -0.4 is 5.73 Å². The quantitative estimate of drug-likeness (QED) is 0.576. The number of nitrogens with two attached hydrogens (primary N) is 1. The summed E-state index contributed by atoms with van der Waals surface area (Å²) in [4.78, 5) is 12.7. The molecule has 8 nitrogen and oxygen atoms in total. The van der Waals surface area contributed by atoms with Gasteiger partial charge in [0.05, 0.1) is 29.8 Å². The summed E-state index contributed by atoms with van der Waals surface area (Å²) in [6.45, 7) is 0.488. The SMILES string of the molecule is Nc1ccc(-c2cn(Cc3ccc(-c4nnc(C(F)F)o4)cn3)cn2)cn1. The van der Waals surface area contributed by atoms with Crippen LogP contribution in [0.5, 0.6) is 0 Å². The standard InChI is InChI=1S/C17H13F2N7O/c18-15(19)17-25-24-16(27-17)11-1-3-12(21-6-11)7-26-8-13(23-9-26)10-2-4-14(20)22-5-10/h1-6,8-9,15H,7H2,(H2,20,22). The summed E-state index contributed by atoms with van der Waals surface area (Å²) in [6.07, 6.45) is 3.92. The third kappa shape index (κ3) is 3.64. The number of nitrogens with zero attached hydrogens (tertiary/aromatic N) is 6. The van der Waals surface area contributed by atoms with E-state index >= 15 is 0 Å². The van der Waals surface area contributed by atoms with Gasteiger partial charge in [0, 0.05) is 24.2 Å². The van der Waals surface area contributed by atoms with Gasteiger partial charge in [-0.3, -0.25) is 4.98 Å². The molecule has 0 aliphatic carbocycles. The minimum atomic E-state index is -2.80. The highest BCUT2D eigenvalue weighted by Gasteiger charge is 2.17. The molecule has 0 amide bonds. The monoisotopic (exact) mass is 369 g/mol. The van der Waals surface area contributed by atoms with Crippen LogP contribution >= 0.6 is 0 Å². The molecule has 0 aliphatic rings. The van der Waals surface area contributed by atoms with Crippen LogP contribution in [0.1, 0.15) is 18.0 Å². The Kier molecular flexibility index (Phi) is 4.29. The Morgan fingerprint density at radius 2 is 1.81 bits per heavy atom. The molecule has 0 aliphatic heterocycles. The molecule has 4 rings (SSSR count). The Morgan fingerprint density at radius 1 is 1.00 bits per heavy atom. The average Bonchev–Trinajstić information content (AvgIpc) is 3.33. The molecule has 10 heteroatoms. The van der Waals surface area contributed by atoms with E-state index < -0.39 is 12.3 Å². The molecule has 4 aromatic heterocycles. The molecular formula is C17H13F2N7O. The maximum atomic E-state index is 12.5. The Hall–Kier alpha value is -3.69. The van der Waals surface area contributed by atoms with Crippen molar-refractivity contribution in [3.63, 3.8) is 0 Å². The molecule has 0 saturated carbocycles. The van der Waals surface area contributed by atoms with Gasteiger partial charge in [-0.05, 0) is 24.3 Å². The second-order valence-electron chi connectivity index (χ2n) is 5.69. The van der Waals surface area contributed by atoms with E-state index in [1.165, 1.54) is 6.20 Å². The number of rotatable bonds is 5. The molecule has 0 bridgehead atoms. The number of nitrogen functional groups attached to an aromatic ring is 1. The van der Waals surface area contributed by atoms with Gasteiger partial charge < -0.3 is 14.7 Å². The molecule has 0 saturated heterocycles. The summed E-state index contributed by atoms with van der Waals surface area (Å²) in [5, 5.41) is 6.90. The first kappa shape index (κ1) is 16.8. The second-order valence-corrected chi connectivity index (χ2v) is 5.69. The van der Waals surface area contributed by atoms with Crippen LogP contribution in [0.25, 0.3) is 22.7 Å². The van der Waals surface area contributed by atoms with E-state index in [4.69, 9.17) is 10.2 Å². The molecule has 0 unspecified atom stereocenters. The van der Waals surface area contributed by atoms with Gasteiger partial charge >= 0.3 is 6.43 Å². The van der Waals surface area contributed by atoms with Crippen molar-refractivity contribution in [2.24, 2.45) is 0 Å². The molecule has 136 valence electrons. The smallest absolute Gasteiger partial charge is 0.314 e. The fourth-order valence-corrected chi connectivity index (χ4v) is 2.42. The van der Waals surface area contributed by atoms with E-state index in [9.17, 15) is 8.78 Å². The van der Waals surface area contributed by atoms with E-state index in [0.717, 1.165) is 17.0 Å². The van der Waals surface area contributed by atoms with Crippen LogP contribution in [0.3, 0.4) is 0 Å². The number of anilines is 1. The highest BCUT2D eigenvalue weighted by atomic mass is 19.3. The zero-order valence-electron chi connectivity index (χ0n) is 13.8. The summed E-state index contributed by atoms with van der Waals surface area (Å²) in [7, 11) is 0. The predicted molar refractivity (Wildman–Crippen MR) is 91.5 cm³/mol. The first-order valence-corrected chi connectivity index (χ1v) is 7.89. The lowest BCUT2D eigenvalue weighted by Crippen LogP contribution is -1.99. The number of alkyl halides is 2. The Morgan fingerprint density at radius 3 is 2.48 bits per heavy atom. The van der Waals surface area contributed by atoms with Crippen molar-refractivity contribution in [2.75, 3.05) is 5.73 Å². The third-order valence-electron chi connectivity index (χ3n) is 3.76. The van der Waals surface area contributed by atoms with E-state index in [0.29, 0.717) is 17.9 Å².